The van der Waals surface area contributed by atoms with Gasteiger partial charge in [0, 0.05) is 6.42 Å². The molecule has 0 N–H and O–H groups in total. The van der Waals surface area contributed by atoms with Gasteiger partial charge in [0.15, 0.2) is 0 Å². The van der Waals surface area contributed by atoms with E-state index in [1.54, 1.807) is 0 Å². The van der Waals surface area contributed by atoms with E-state index in [1.807, 2.05) is 0 Å². The lowest BCUT2D eigenvalue weighted by atomic mass is 10.0. The third kappa shape index (κ3) is 7.56. The molecule has 0 unspecified atom stereocenters. The van der Waals surface area contributed by atoms with Crippen LogP contribution in [0.1, 0.15) is 46.0 Å². The molecule has 0 saturated heterocycles. The lowest BCUT2D eigenvalue weighted by Gasteiger charge is -2.01. The largest absolute Gasteiger partial charge is 0.120 e. The van der Waals surface area contributed by atoms with E-state index in [9.17, 15) is 0 Å². The molecule has 0 nitrogen and oxygen atoms in total. The van der Waals surface area contributed by atoms with Crippen molar-refractivity contribution in [1.82, 2.24) is 0 Å². The Kier molecular flexibility index (Phi) is 6.38. The third-order valence-electron chi connectivity index (χ3n) is 1.60. The first-order valence-corrected chi connectivity index (χ1v) is 4.21. The van der Waals surface area contributed by atoms with Crippen LogP contribution in [0.15, 0.2) is 0 Å². The maximum absolute atomic E-state index is 5.12. The maximum atomic E-state index is 5.12. The van der Waals surface area contributed by atoms with E-state index in [1.165, 1.54) is 25.7 Å². The van der Waals surface area contributed by atoms with Gasteiger partial charge in [-0.15, -0.1) is 12.3 Å². The fourth-order valence-corrected chi connectivity index (χ4v) is 0.956. The van der Waals surface area contributed by atoms with Crippen molar-refractivity contribution in [2.24, 2.45) is 5.92 Å². The molecule has 0 saturated carbocycles. The summed E-state index contributed by atoms with van der Waals surface area (Å²) in [6, 6.07) is 0. The average molecular weight is 138 g/mol. The zero-order chi connectivity index (χ0) is 7.82. The second-order valence-electron chi connectivity index (χ2n) is 3.20. The van der Waals surface area contributed by atoms with Crippen molar-refractivity contribution in [3.05, 3.63) is 0 Å². The average Bonchev–Trinajstić information content (AvgIpc) is 1.87. The Morgan fingerprint density at radius 1 is 1.20 bits per heavy atom. The summed E-state index contributed by atoms with van der Waals surface area (Å²) < 4.78 is 0. The summed E-state index contributed by atoms with van der Waals surface area (Å²) in [4.78, 5) is 0. The third-order valence-corrected chi connectivity index (χ3v) is 1.60. The van der Waals surface area contributed by atoms with Crippen LogP contribution in [0.3, 0.4) is 0 Å². The van der Waals surface area contributed by atoms with E-state index < -0.39 is 0 Å². The van der Waals surface area contributed by atoms with Crippen molar-refractivity contribution in [3.8, 4) is 12.3 Å². The summed E-state index contributed by atoms with van der Waals surface area (Å²) in [5.41, 5.74) is 0. The van der Waals surface area contributed by atoms with Crippen LogP contribution < -0.4 is 0 Å². The Hall–Kier alpha value is -0.440. The van der Waals surface area contributed by atoms with Crippen molar-refractivity contribution in [2.75, 3.05) is 0 Å². The standard InChI is InChI=1S/C10H18/c1-4-5-6-7-8-9-10(2)3/h1,10H,5-9H2,2-3H3. The van der Waals surface area contributed by atoms with Crippen molar-refractivity contribution in [1.29, 1.82) is 0 Å². The summed E-state index contributed by atoms with van der Waals surface area (Å²) in [5.74, 6) is 3.51. The minimum Gasteiger partial charge on any atom is -0.120 e. The quantitative estimate of drug-likeness (QED) is 0.404. The van der Waals surface area contributed by atoms with Gasteiger partial charge < -0.3 is 0 Å². The number of hydrogen-bond donors (Lipinski definition) is 0. The topological polar surface area (TPSA) is 0 Å². The van der Waals surface area contributed by atoms with Crippen LogP contribution in [0.25, 0.3) is 0 Å². The molecule has 0 spiro atoms. The second-order valence-corrected chi connectivity index (χ2v) is 3.20. The fourth-order valence-electron chi connectivity index (χ4n) is 0.956. The molecule has 0 aromatic rings. The van der Waals surface area contributed by atoms with Gasteiger partial charge in [-0.25, -0.2) is 0 Å². The van der Waals surface area contributed by atoms with Crippen LogP contribution in [0.4, 0.5) is 0 Å². The van der Waals surface area contributed by atoms with Gasteiger partial charge >= 0.3 is 0 Å². The van der Waals surface area contributed by atoms with Crippen LogP contribution >= 0.6 is 0 Å². The van der Waals surface area contributed by atoms with Crippen LogP contribution in [-0.4, -0.2) is 0 Å². The number of rotatable bonds is 5. The highest BCUT2D eigenvalue weighted by Crippen LogP contribution is 2.08. The lowest BCUT2D eigenvalue weighted by molar-refractivity contribution is 0.530. The molecular weight excluding hydrogens is 120 g/mol. The van der Waals surface area contributed by atoms with Gasteiger partial charge in [0.05, 0.1) is 0 Å². The summed E-state index contributed by atoms with van der Waals surface area (Å²) in [7, 11) is 0. The van der Waals surface area contributed by atoms with E-state index >= 15 is 0 Å². The summed E-state index contributed by atoms with van der Waals surface area (Å²) in [5, 5.41) is 0. The second kappa shape index (κ2) is 6.68. The van der Waals surface area contributed by atoms with Gasteiger partial charge in [0.25, 0.3) is 0 Å². The first kappa shape index (κ1) is 9.56. The fraction of sp³-hybridized carbons (Fsp3) is 0.800. The van der Waals surface area contributed by atoms with E-state index in [4.69, 9.17) is 6.42 Å². The SMILES string of the molecule is C#CCCCCCC(C)C. The van der Waals surface area contributed by atoms with Crippen molar-refractivity contribution in [3.63, 3.8) is 0 Å². The molecule has 0 aromatic heterocycles. The molecule has 0 amide bonds. The Balaban J connectivity index is 2.86. The number of terminal acetylenes is 1. The molecule has 0 aliphatic heterocycles. The Morgan fingerprint density at radius 2 is 1.90 bits per heavy atom. The highest BCUT2D eigenvalue weighted by Gasteiger charge is 1.92. The van der Waals surface area contributed by atoms with Gasteiger partial charge in [-0.2, -0.15) is 0 Å². The van der Waals surface area contributed by atoms with Crippen molar-refractivity contribution in [2.45, 2.75) is 46.0 Å². The lowest BCUT2D eigenvalue weighted by Crippen LogP contribution is -1.86. The van der Waals surface area contributed by atoms with Gasteiger partial charge in [-0.3, -0.25) is 0 Å². The molecule has 10 heavy (non-hydrogen) atoms. The molecule has 0 heterocycles. The molecular formula is C10H18. The molecule has 0 rings (SSSR count). The molecule has 0 aliphatic rings. The van der Waals surface area contributed by atoms with Crippen molar-refractivity contribution >= 4 is 0 Å². The molecule has 0 fully saturated rings. The summed E-state index contributed by atoms with van der Waals surface area (Å²) in [6.07, 6.45) is 11.3. The summed E-state index contributed by atoms with van der Waals surface area (Å²) in [6.45, 7) is 4.53. The zero-order valence-corrected chi connectivity index (χ0v) is 7.19. The Bertz CT molecular complexity index is 95.1. The van der Waals surface area contributed by atoms with E-state index in [-0.39, 0.29) is 0 Å². The van der Waals surface area contributed by atoms with Gasteiger partial charge in [-0.05, 0) is 12.3 Å². The predicted molar refractivity (Wildman–Crippen MR) is 46.8 cm³/mol. The molecule has 0 aliphatic carbocycles. The van der Waals surface area contributed by atoms with Crippen LogP contribution in [-0.2, 0) is 0 Å². The Morgan fingerprint density at radius 3 is 2.40 bits per heavy atom. The molecule has 58 valence electrons. The maximum Gasteiger partial charge on any atom is 0.00860 e. The van der Waals surface area contributed by atoms with Crippen molar-refractivity contribution < 1.29 is 0 Å². The molecule has 0 heteroatoms. The number of hydrogen-bond acceptors (Lipinski definition) is 0. The zero-order valence-electron chi connectivity index (χ0n) is 7.19. The predicted octanol–water partition coefficient (Wildman–Crippen LogP) is 3.23. The number of unbranched alkanes of at least 4 members (excludes halogenated alkanes) is 3. The van der Waals surface area contributed by atoms with Gasteiger partial charge in [0.2, 0.25) is 0 Å². The smallest absolute Gasteiger partial charge is 0.00860 e. The molecule has 0 atom stereocenters. The first-order valence-electron chi connectivity index (χ1n) is 4.21. The minimum atomic E-state index is 0.853. The Labute approximate surface area is 65.0 Å². The molecule has 0 radical (unpaired) electrons. The van der Waals surface area contributed by atoms with E-state index in [2.05, 4.69) is 19.8 Å². The highest BCUT2D eigenvalue weighted by molar-refractivity contribution is 4.82. The first-order chi connectivity index (χ1) is 4.77. The highest BCUT2D eigenvalue weighted by atomic mass is 14.0. The summed E-state index contributed by atoms with van der Waals surface area (Å²) >= 11 is 0. The van der Waals surface area contributed by atoms with Gasteiger partial charge in [0.1, 0.15) is 0 Å². The monoisotopic (exact) mass is 138 g/mol. The van der Waals surface area contributed by atoms with E-state index in [0.29, 0.717) is 0 Å². The van der Waals surface area contributed by atoms with E-state index in [0.717, 1.165) is 12.3 Å². The van der Waals surface area contributed by atoms with Gasteiger partial charge in [-0.1, -0.05) is 33.1 Å². The normalized spacial score (nSPS) is 9.80. The van der Waals surface area contributed by atoms with Crippen LogP contribution in [0, 0.1) is 18.3 Å². The minimum absolute atomic E-state index is 0.853. The van der Waals surface area contributed by atoms with Crippen LogP contribution in [0.5, 0.6) is 0 Å². The van der Waals surface area contributed by atoms with Crippen LogP contribution in [0.2, 0.25) is 0 Å². The molecule has 0 bridgehead atoms. The molecule has 0 aromatic carbocycles.